The molecule has 10 nitrogen and oxygen atoms in total. The maximum atomic E-state index is 12.9. The quantitative estimate of drug-likeness (QED) is 0.351. The first-order valence-electron chi connectivity index (χ1n) is 9.48. The lowest BCUT2D eigenvalue weighted by atomic mass is 9.70. The van der Waals surface area contributed by atoms with Crippen LogP contribution < -0.4 is 5.32 Å². The summed E-state index contributed by atoms with van der Waals surface area (Å²) in [6.45, 7) is 9.42. The Labute approximate surface area is 182 Å². The standard InChI is InChI=1S/C18H25F3N2O8S/c1-16(2,3)8-7-9-10(22-15(27)30-17(4,5)6)13(24)23(9)11(14(25)26)12(8)31-32(28,29)18(19,20)21/h8-10H,7H2,1-6H3,(H,22,27)(H,25,26)/t8?,9-,10+/m1/s1. The molecule has 14 heteroatoms. The van der Waals surface area contributed by atoms with Crippen LogP contribution in [0.4, 0.5) is 18.0 Å². The van der Waals surface area contributed by atoms with E-state index in [1.54, 1.807) is 41.5 Å². The molecular formula is C18H25F3N2O8S. The summed E-state index contributed by atoms with van der Waals surface area (Å²) in [7, 11) is -6.19. The number of aliphatic carboxylic acids is 1. The van der Waals surface area contributed by atoms with Gasteiger partial charge in [-0.25, -0.2) is 9.59 Å². The highest BCUT2D eigenvalue weighted by atomic mass is 32.2. The van der Waals surface area contributed by atoms with Gasteiger partial charge >= 0.3 is 27.7 Å². The summed E-state index contributed by atoms with van der Waals surface area (Å²) in [5, 5.41) is 12.0. The Morgan fingerprint density at radius 2 is 1.66 bits per heavy atom. The molecular weight excluding hydrogens is 461 g/mol. The molecule has 1 fully saturated rings. The number of hydrogen-bond donors (Lipinski definition) is 2. The number of nitrogens with one attached hydrogen (secondary N) is 1. The fourth-order valence-electron chi connectivity index (χ4n) is 3.51. The number of alkyl carbamates (subject to hydrolysis) is 1. The Balaban J connectivity index is 2.51. The van der Waals surface area contributed by atoms with Crippen molar-refractivity contribution >= 4 is 28.1 Å². The van der Waals surface area contributed by atoms with Crippen LogP contribution in [0.25, 0.3) is 0 Å². The number of fused-ring (bicyclic) bond motifs is 1. The zero-order valence-electron chi connectivity index (χ0n) is 18.2. The Morgan fingerprint density at radius 1 is 1.12 bits per heavy atom. The molecule has 0 spiro atoms. The van der Waals surface area contributed by atoms with Crippen LogP contribution in [-0.4, -0.2) is 59.6 Å². The van der Waals surface area contributed by atoms with E-state index in [9.17, 15) is 41.1 Å². The molecule has 0 radical (unpaired) electrons. The first-order valence-corrected chi connectivity index (χ1v) is 10.9. The van der Waals surface area contributed by atoms with Crippen LogP contribution in [0.3, 0.4) is 0 Å². The zero-order valence-corrected chi connectivity index (χ0v) is 19.0. The van der Waals surface area contributed by atoms with Gasteiger partial charge in [-0.2, -0.15) is 21.6 Å². The molecule has 0 aliphatic carbocycles. The van der Waals surface area contributed by atoms with Crippen LogP contribution in [0.2, 0.25) is 0 Å². The van der Waals surface area contributed by atoms with Crippen molar-refractivity contribution < 1.29 is 50.0 Å². The van der Waals surface area contributed by atoms with Crippen molar-refractivity contribution in [3.8, 4) is 0 Å². The number of allylic oxidation sites excluding steroid dienone is 1. The Kier molecular flexibility index (Phi) is 6.29. The van der Waals surface area contributed by atoms with Gasteiger partial charge in [-0.15, -0.1) is 0 Å². The molecule has 0 aromatic carbocycles. The maximum absolute atomic E-state index is 12.9. The Morgan fingerprint density at radius 3 is 2.06 bits per heavy atom. The van der Waals surface area contributed by atoms with E-state index in [-0.39, 0.29) is 6.42 Å². The van der Waals surface area contributed by atoms with Crippen molar-refractivity contribution in [2.75, 3.05) is 0 Å². The van der Waals surface area contributed by atoms with E-state index in [0.29, 0.717) is 4.90 Å². The van der Waals surface area contributed by atoms with Gasteiger partial charge in [0.2, 0.25) is 0 Å². The highest BCUT2D eigenvalue weighted by Crippen LogP contribution is 2.48. The summed E-state index contributed by atoms with van der Waals surface area (Å²) in [6, 6.07) is -2.16. The first-order chi connectivity index (χ1) is 14.2. The van der Waals surface area contributed by atoms with E-state index in [4.69, 9.17) is 4.74 Å². The zero-order chi connectivity index (χ0) is 25.0. The smallest absolute Gasteiger partial charge is 0.476 e. The molecule has 1 unspecified atom stereocenters. The van der Waals surface area contributed by atoms with Gasteiger partial charge < -0.3 is 19.3 Å². The lowest BCUT2D eigenvalue weighted by molar-refractivity contribution is -0.157. The highest BCUT2D eigenvalue weighted by molar-refractivity contribution is 7.87. The lowest BCUT2D eigenvalue weighted by Crippen LogP contribution is -2.73. The van der Waals surface area contributed by atoms with E-state index in [0.717, 1.165) is 0 Å². The van der Waals surface area contributed by atoms with Crippen LogP contribution >= 0.6 is 0 Å². The molecule has 2 heterocycles. The van der Waals surface area contributed by atoms with Gasteiger partial charge in [0.1, 0.15) is 11.6 Å². The Bertz CT molecular complexity index is 960. The number of β-lactam (4-membered cyclic amide) rings is 1. The van der Waals surface area contributed by atoms with Gasteiger partial charge in [0.05, 0.1) is 6.04 Å². The molecule has 2 amide bonds. The average molecular weight is 486 g/mol. The molecule has 0 saturated carbocycles. The van der Waals surface area contributed by atoms with E-state index in [1.165, 1.54) is 0 Å². The summed E-state index contributed by atoms with van der Waals surface area (Å²) < 4.78 is 71.4. The highest BCUT2D eigenvalue weighted by Gasteiger charge is 2.60. The number of alkyl halides is 3. The molecule has 2 aliphatic heterocycles. The van der Waals surface area contributed by atoms with Crippen molar-refractivity contribution in [1.82, 2.24) is 10.2 Å². The second-order valence-corrected chi connectivity index (χ2v) is 11.1. The number of nitrogens with zero attached hydrogens (tertiary/aromatic N) is 1. The monoisotopic (exact) mass is 486 g/mol. The van der Waals surface area contributed by atoms with Gasteiger partial charge in [-0.3, -0.25) is 9.69 Å². The minimum Gasteiger partial charge on any atom is -0.476 e. The first kappa shape index (κ1) is 25.7. The molecule has 0 aromatic heterocycles. The topological polar surface area (TPSA) is 139 Å². The largest absolute Gasteiger partial charge is 0.534 e. The number of carboxylic acid groups (broad SMARTS) is 1. The molecule has 0 aromatic rings. The van der Waals surface area contributed by atoms with Gasteiger partial charge in [0.25, 0.3) is 5.91 Å². The van der Waals surface area contributed by atoms with Crippen molar-refractivity contribution in [3.05, 3.63) is 11.5 Å². The number of amides is 2. The van der Waals surface area contributed by atoms with Gasteiger partial charge in [0, 0.05) is 5.92 Å². The fourth-order valence-corrected chi connectivity index (χ4v) is 4.03. The van der Waals surface area contributed by atoms with Crippen molar-refractivity contribution in [1.29, 1.82) is 0 Å². The molecule has 2 rings (SSSR count). The van der Waals surface area contributed by atoms with E-state index < -0.39 is 74.1 Å². The third kappa shape index (κ3) is 4.94. The van der Waals surface area contributed by atoms with Crippen molar-refractivity contribution in [3.63, 3.8) is 0 Å². The maximum Gasteiger partial charge on any atom is 0.534 e. The molecule has 182 valence electrons. The number of hydrogen-bond acceptors (Lipinski definition) is 7. The molecule has 3 atom stereocenters. The van der Waals surface area contributed by atoms with Crippen molar-refractivity contribution in [2.24, 2.45) is 11.3 Å². The fraction of sp³-hybridized carbons (Fsp3) is 0.722. The molecule has 32 heavy (non-hydrogen) atoms. The number of rotatable bonds is 4. The van der Waals surface area contributed by atoms with Crippen LogP contribution in [0.15, 0.2) is 11.5 Å². The van der Waals surface area contributed by atoms with Gasteiger partial charge in [0.15, 0.2) is 11.5 Å². The van der Waals surface area contributed by atoms with Gasteiger partial charge in [-0.05, 0) is 32.6 Å². The van der Waals surface area contributed by atoms with Crippen LogP contribution in [0.5, 0.6) is 0 Å². The summed E-state index contributed by atoms with van der Waals surface area (Å²) >= 11 is 0. The van der Waals surface area contributed by atoms with Crippen LogP contribution in [0.1, 0.15) is 48.0 Å². The van der Waals surface area contributed by atoms with Crippen LogP contribution in [0, 0.1) is 11.3 Å². The van der Waals surface area contributed by atoms with E-state index >= 15 is 0 Å². The lowest BCUT2D eigenvalue weighted by Gasteiger charge is -2.53. The minimum atomic E-state index is -6.19. The van der Waals surface area contributed by atoms with Crippen molar-refractivity contribution in [2.45, 2.75) is 71.2 Å². The SMILES string of the molecule is CC(C)(C)OC(=O)N[C@@H]1C(=O)N2C(C(=O)O)=C(OS(=O)(=O)C(F)(F)F)C(C(C)(C)C)C[C@H]12. The van der Waals surface area contributed by atoms with E-state index in [2.05, 4.69) is 9.50 Å². The van der Waals surface area contributed by atoms with Gasteiger partial charge in [-0.1, -0.05) is 20.8 Å². The second-order valence-electron chi connectivity index (χ2n) is 9.56. The summed E-state index contributed by atoms with van der Waals surface area (Å²) in [5.41, 5.74) is -8.65. The predicted molar refractivity (Wildman–Crippen MR) is 102 cm³/mol. The normalized spacial score (nSPS) is 24.5. The molecule has 2 aliphatic rings. The summed E-state index contributed by atoms with van der Waals surface area (Å²) in [5.74, 6) is -4.91. The van der Waals surface area contributed by atoms with Crippen LogP contribution in [-0.2, 0) is 28.6 Å². The summed E-state index contributed by atoms with van der Waals surface area (Å²) in [6.07, 6.45) is -1.10. The Hall–Kier alpha value is -2.51. The number of ether oxygens (including phenoxy) is 1. The third-order valence-electron chi connectivity index (χ3n) is 4.89. The number of carboxylic acids is 1. The third-order valence-corrected chi connectivity index (χ3v) is 5.86. The van der Waals surface area contributed by atoms with E-state index in [1.807, 2.05) is 0 Å². The minimum absolute atomic E-state index is 0.158. The average Bonchev–Trinajstić information content (AvgIpc) is 2.54. The number of halogens is 3. The molecule has 1 saturated heterocycles. The molecule has 0 bridgehead atoms. The molecule has 2 N–H and O–H groups in total. The number of carbonyl (C=O) groups is 3. The summed E-state index contributed by atoms with van der Waals surface area (Å²) in [4.78, 5) is 37.2. The predicted octanol–water partition coefficient (Wildman–Crippen LogP) is 2.32. The second kappa shape index (κ2) is 7.81. The number of carbonyl (C=O) groups excluding carboxylic acids is 2.